The van der Waals surface area contributed by atoms with Gasteiger partial charge in [0.25, 0.3) is 0 Å². The van der Waals surface area contributed by atoms with Gasteiger partial charge in [0.2, 0.25) is 0 Å². The fraction of sp³-hybridized carbons (Fsp3) is 0.312. The molecular formula is C32H34N2. The second-order valence-corrected chi connectivity index (χ2v) is 10.2. The average molecular weight is 447 g/mol. The van der Waals surface area contributed by atoms with Crippen molar-refractivity contribution in [3.63, 3.8) is 0 Å². The third-order valence-electron chi connectivity index (χ3n) is 8.28. The monoisotopic (exact) mass is 446 g/mol. The van der Waals surface area contributed by atoms with Crippen LogP contribution in [0, 0.1) is 12.8 Å². The van der Waals surface area contributed by atoms with Gasteiger partial charge in [-0.1, -0.05) is 98.1 Å². The molecule has 3 aromatic carbocycles. The number of hydrogen-bond donors (Lipinski definition) is 0. The van der Waals surface area contributed by atoms with E-state index in [2.05, 4.69) is 121 Å². The highest BCUT2D eigenvalue weighted by molar-refractivity contribution is 5.67. The van der Waals surface area contributed by atoms with Crippen molar-refractivity contribution >= 4 is 5.69 Å². The third-order valence-corrected chi connectivity index (χ3v) is 8.28. The molecule has 3 aromatic rings. The molecule has 2 heterocycles. The van der Waals surface area contributed by atoms with E-state index in [1.807, 2.05) is 0 Å². The van der Waals surface area contributed by atoms with Crippen LogP contribution in [-0.2, 0) is 5.41 Å². The Balaban J connectivity index is 1.58. The maximum Gasteiger partial charge on any atom is 0.113 e. The lowest BCUT2D eigenvalue weighted by Gasteiger charge is -2.40. The topological polar surface area (TPSA) is 6.48 Å². The highest BCUT2D eigenvalue weighted by Gasteiger charge is 2.52. The molecule has 2 nitrogen and oxygen atoms in total. The molecule has 0 saturated heterocycles. The van der Waals surface area contributed by atoms with Gasteiger partial charge in [0.1, 0.15) is 6.17 Å². The second-order valence-electron chi connectivity index (χ2n) is 10.2. The molecule has 1 fully saturated rings. The van der Waals surface area contributed by atoms with Crippen LogP contribution in [-0.4, -0.2) is 11.1 Å². The zero-order valence-corrected chi connectivity index (χ0v) is 20.3. The van der Waals surface area contributed by atoms with Gasteiger partial charge in [0.15, 0.2) is 0 Å². The van der Waals surface area contributed by atoms with E-state index in [9.17, 15) is 0 Å². The molecule has 0 amide bonds. The van der Waals surface area contributed by atoms with E-state index in [1.54, 1.807) is 0 Å². The molecule has 1 aliphatic carbocycles. The van der Waals surface area contributed by atoms with E-state index in [1.165, 1.54) is 65.9 Å². The Morgan fingerprint density at radius 2 is 1.29 bits per heavy atom. The van der Waals surface area contributed by atoms with Gasteiger partial charge in [-0.15, -0.1) is 0 Å². The summed E-state index contributed by atoms with van der Waals surface area (Å²) in [6.45, 7) is 4.61. The zero-order valence-electron chi connectivity index (χ0n) is 20.3. The Bertz CT molecular complexity index is 1180. The lowest BCUT2D eigenvalue weighted by atomic mass is 9.72. The maximum absolute atomic E-state index is 2.67. The summed E-state index contributed by atoms with van der Waals surface area (Å²) in [6, 6.07) is 31.1. The molecule has 0 aromatic heterocycles. The minimum atomic E-state index is -0.281. The smallest absolute Gasteiger partial charge is 0.113 e. The van der Waals surface area contributed by atoms with Crippen molar-refractivity contribution in [1.29, 1.82) is 0 Å². The van der Waals surface area contributed by atoms with Gasteiger partial charge in [0, 0.05) is 17.6 Å². The molecule has 1 saturated carbocycles. The van der Waals surface area contributed by atoms with Crippen LogP contribution < -0.4 is 4.90 Å². The normalized spacial score (nSPS) is 21.9. The first kappa shape index (κ1) is 21.3. The fourth-order valence-electron chi connectivity index (χ4n) is 6.74. The highest BCUT2D eigenvalue weighted by atomic mass is 15.4. The van der Waals surface area contributed by atoms with E-state index in [-0.39, 0.29) is 5.41 Å². The van der Waals surface area contributed by atoms with Crippen molar-refractivity contribution < 1.29 is 0 Å². The van der Waals surface area contributed by atoms with E-state index >= 15 is 0 Å². The van der Waals surface area contributed by atoms with Gasteiger partial charge in [-0.25, -0.2) is 0 Å². The number of aryl methyl sites for hydroxylation is 1. The summed E-state index contributed by atoms with van der Waals surface area (Å²) >= 11 is 0. The average Bonchev–Trinajstić information content (AvgIpc) is 3.43. The first-order chi connectivity index (χ1) is 16.7. The summed E-state index contributed by atoms with van der Waals surface area (Å²) < 4.78 is 0. The molecule has 0 spiro atoms. The van der Waals surface area contributed by atoms with E-state index in [4.69, 9.17) is 0 Å². The van der Waals surface area contributed by atoms with E-state index in [0.717, 1.165) is 0 Å². The number of nitrogens with zero attached hydrogens (tertiary/aromatic N) is 2. The van der Waals surface area contributed by atoms with Gasteiger partial charge >= 0.3 is 0 Å². The summed E-state index contributed by atoms with van der Waals surface area (Å²) in [6.07, 6.45) is 11.9. The molecule has 3 aliphatic rings. The Labute approximate surface area is 204 Å². The summed E-state index contributed by atoms with van der Waals surface area (Å²) in [7, 11) is 0. The van der Waals surface area contributed by atoms with Crippen LogP contribution in [0.3, 0.4) is 0 Å². The number of hydrogen-bond acceptors (Lipinski definition) is 2. The Hall–Kier alpha value is -3.26. The molecule has 1 unspecified atom stereocenters. The van der Waals surface area contributed by atoms with Crippen LogP contribution in [0.25, 0.3) is 0 Å². The number of benzene rings is 3. The number of para-hydroxylation sites is 1. The number of fused-ring (bicyclic) bond motifs is 1. The van der Waals surface area contributed by atoms with Crippen LogP contribution in [0.2, 0.25) is 0 Å². The largest absolute Gasteiger partial charge is 0.327 e. The van der Waals surface area contributed by atoms with Crippen molar-refractivity contribution in [2.75, 3.05) is 4.90 Å². The molecule has 0 N–H and O–H groups in total. The standard InChI is InChI=1S/C32H34N2/c1-24-14-12-13-21-29(24)34-25(2)30-32(27-17-8-4-9-18-27,28-19-10-5-11-20-28)22-23-33(30)31(34)26-15-6-3-7-16-26/h4-5,8-14,17-23,26,31H,3,6-7,15-16H2,1-2H3. The molecule has 172 valence electrons. The summed E-state index contributed by atoms with van der Waals surface area (Å²) in [5, 5.41) is 0. The van der Waals surface area contributed by atoms with E-state index in [0.29, 0.717) is 12.1 Å². The minimum absolute atomic E-state index is 0.281. The molecule has 1 atom stereocenters. The molecule has 6 rings (SSSR count). The van der Waals surface area contributed by atoms with Crippen LogP contribution in [0.15, 0.2) is 109 Å². The van der Waals surface area contributed by atoms with Crippen LogP contribution in [0.5, 0.6) is 0 Å². The van der Waals surface area contributed by atoms with Crippen molar-refractivity contribution in [1.82, 2.24) is 4.90 Å². The van der Waals surface area contributed by atoms with Gasteiger partial charge in [-0.2, -0.15) is 0 Å². The highest BCUT2D eigenvalue weighted by Crippen LogP contribution is 2.54. The number of anilines is 1. The molecular weight excluding hydrogens is 412 g/mol. The Morgan fingerprint density at radius 3 is 1.91 bits per heavy atom. The summed E-state index contributed by atoms with van der Waals surface area (Å²) in [5.74, 6) is 0.660. The van der Waals surface area contributed by atoms with Gasteiger partial charge in [0.05, 0.1) is 11.1 Å². The zero-order chi connectivity index (χ0) is 23.1. The van der Waals surface area contributed by atoms with Gasteiger partial charge in [-0.05, 0) is 61.4 Å². The van der Waals surface area contributed by atoms with Crippen LogP contribution >= 0.6 is 0 Å². The molecule has 2 aliphatic heterocycles. The van der Waals surface area contributed by atoms with Gasteiger partial charge in [-0.3, -0.25) is 0 Å². The van der Waals surface area contributed by atoms with Crippen LogP contribution in [0.1, 0.15) is 55.7 Å². The van der Waals surface area contributed by atoms with Crippen molar-refractivity contribution in [3.8, 4) is 0 Å². The Kier molecular flexibility index (Phi) is 5.32. The lowest BCUT2D eigenvalue weighted by Crippen LogP contribution is -2.45. The predicted molar refractivity (Wildman–Crippen MR) is 141 cm³/mol. The molecule has 0 radical (unpaired) electrons. The Morgan fingerprint density at radius 1 is 0.706 bits per heavy atom. The van der Waals surface area contributed by atoms with Crippen molar-refractivity contribution in [2.24, 2.45) is 5.92 Å². The third kappa shape index (κ3) is 3.15. The van der Waals surface area contributed by atoms with E-state index < -0.39 is 0 Å². The SMILES string of the molecule is CC1=C2N(C=CC2(c2ccccc2)c2ccccc2)C(C2CCCCC2)N1c1ccccc1C. The minimum Gasteiger partial charge on any atom is -0.327 e. The van der Waals surface area contributed by atoms with Crippen molar-refractivity contribution in [2.45, 2.75) is 57.5 Å². The molecule has 0 bridgehead atoms. The lowest BCUT2D eigenvalue weighted by molar-refractivity contribution is 0.210. The van der Waals surface area contributed by atoms with Crippen molar-refractivity contribution in [3.05, 3.63) is 125 Å². The first-order valence-electron chi connectivity index (χ1n) is 12.9. The van der Waals surface area contributed by atoms with Gasteiger partial charge < -0.3 is 9.80 Å². The maximum atomic E-state index is 2.67. The quantitative estimate of drug-likeness (QED) is 0.404. The number of rotatable bonds is 4. The number of allylic oxidation sites excluding steroid dienone is 2. The summed E-state index contributed by atoms with van der Waals surface area (Å²) in [4.78, 5) is 5.31. The fourth-order valence-corrected chi connectivity index (χ4v) is 6.74. The van der Waals surface area contributed by atoms with Crippen LogP contribution in [0.4, 0.5) is 5.69 Å². The predicted octanol–water partition coefficient (Wildman–Crippen LogP) is 7.77. The summed E-state index contributed by atoms with van der Waals surface area (Å²) in [5.41, 5.74) is 7.88. The molecule has 2 heteroatoms. The first-order valence-corrected chi connectivity index (χ1v) is 12.9. The molecule has 34 heavy (non-hydrogen) atoms. The second kappa shape index (κ2) is 8.51.